The van der Waals surface area contributed by atoms with Crippen molar-refractivity contribution in [3.05, 3.63) is 63.3 Å². The largest absolute Gasteiger partial charge is 0.367 e. The number of carbonyl (C=O) groups is 1. The van der Waals surface area contributed by atoms with Gasteiger partial charge in [-0.3, -0.25) is 9.59 Å². The third kappa shape index (κ3) is 2.94. The quantitative estimate of drug-likeness (QED) is 0.747. The van der Waals surface area contributed by atoms with Crippen molar-refractivity contribution in [3.63, 3.8) is 0 Å². The maximum atomic E-state index is 12.8. The van der Waals surface area contributed by atoms with E-state index in [0.717, 1.165) is 5.69 Å². The molecule has 0 aliphatic carbocycles. The third-order valence-electron chi connectivity index (χ3n) is 4.57. The van der Waals surface area contributed by atoms with Gasteiger partial charge in [0, 0.05) is 44.1 Å². The number of carbonyl (C=O) groups excluding carboxylic acids is 1. The molecule has 1 aliphatic rings. The highest BCUT2D eigenvalue weighted by Gasteiger charge is 2.25. The normalized spacial score (nSPS) is 14.8. The highest BCUT2D eigenvalue weighted by molar-refractivity contribution is 6.33. The SMILES string of the molecule is Cc1cn2nc(C(=O)N3CCN(c4ccccc4Cl)CC3)cc2c(=O)[nH]1. The van der Waals surface area contributed by atoms with E-state index in [1.54, 1.807) is 24.1 Å². The van der Waals surface area contributed by atoms with Crippen molar-refractivity contribution in [3.8, 4) is 0 Å². The van der Waals surface area contributed by atoms with E-state index in [1.807, 2.05) is 24.3 Å². The number of fused-ring (bicyclic) bond motifs is 1. The first kappa shape index (κ1) is 16.7. The van der Waals surface area contributed by atoms with Gasteiger partial charge in [-0.25, -0.2) is 4.52 Å². The van der Waals surface area contributed by atoms with Gasteiger partial charge < -0.3 is 14.8 Å². The number of H-pyrrole nitrogens is 1. The molecule has 1 aliphatic heterocycles. The maximum Gasteiger partial charge on any atom is 0.274 e. The Morgan fingerprint density at radius 2 is 1.92 bits per heavy atom. The molecule has 1 aromatic carbocycles. The second kappa shape index (κ2) is 6.49. The molecule has 1 saturated heterocycles. The fourth-order valence-corrected chi connectivity index (χ4v) is 3.50. The molecular weight excluding hydrogens is 354 g/mol. The van der Waals surface area contributed by atoms with Crippen LogP contribution in [0, 0.1) is 6.92 Å². The van der Waals surface area contributed by atoms with E-state index in [-0.39, 0.29) is 17.2 Å². The number of anilines is 1. The average molecular weight is 372 g/mol. The van der Waals surface area contributed by atoms with E-state index in [4.69, 9.17) is 11.6 Å². The van der Waals surface area contributed by atoms with E-state index in [2.05, 4.69) is 15.0 Å². The van der Waals surface area contributed by atoms with Gasteiger partial charge in [0.15, 0.2) is 5.69 Å². The first-order chi connectivity index (χ1) is 12.5. The van der Waals surface area contributed by atoms with Crippen LogP contribution in [0.4, 0.5) is 5.69 Å². The molecule has 0 atom stereocenters. The Bertz CT molecular complexity index is 1030. The van der Waals surface area contributed by atoms with Gasteiger partial charge in [0.05, 0.1) is 10.7 Å². The number of nitrogens with one attached hydrogen (secondary N) is 1. The minimum atomic E-state index is -0.250. The lowest BCUT2D eigenvalue weighted by Crippen LogP contribution is -2.49. The number of aromatic nitrogens is 3. The summed E-state index contributed by atoms with van der Waals surface area (Å²) in [7, 11) is 0. The second-order valence-corrected chi connectivity index (χ2v) is 6.76. The molecule has 3 heterocycles. The Kier molecular flexibility index (Phi) is 4.16. The first-order valence-corrected chi connectivity index (χ1v) is 8.79. The molecule has 1 N–H and O–H groups in total. The van der Waals surface area contributed by atoms with E-state index < -0.39 is 0 Å². The standard InChI is InChI=1S/C18H18ClN5O2/c1-12-11-24-16(17(25)20-12)10-14(21-24)18(26)23-8-6-22(7-9-23)15-5-3-2-4-13(15)19/h2-5,10-11H,6-9H2,1H3,(H,20,25). The summed E-state index contributed by atoms with van der Waals surface area (Å²) in [5, 5.41) is 4.98. The Balaban J connectivity index is 1.51. The summed E-state index contributed by atoms with van der Waals surface area (Å²) < 4.78 is 1.46. The van der Waals surface area contributed by atoms with Crippen LogP contribution in [0.3, 0.4) is 0 Å². The predicted octanol–water partition coefficient (Wildman–Crippen LogP) is 1.95. The summed E-state index contributed by atoms with van der Waals surface area (Å²) in [6.07, 6.45) is 1.70. The minimum Gasteiger partial charge on any atom is -0.367 e. The molecule has 1 fully saturated rings. The fraction of sp³-hybridized carbons (Fsp3) is 0.278. The summed E-state index contributed by atoms with van der Waals surface area (Å²) in [6, 6.07) is 9.25. The predicted molar refractivity (Wildman–Crippen MR) is 100 cm³/mol. The van der Waals surface area contributed by atoms with Crippen LogP contribution in [0.1, 0.15) is 16.2 Å². The summed E-state index contributed by atoms with van der Waals surface area (Å²) in [5.41, 5.74) is 2.08. The number of nitrogens with zero attached hydrogens (tertiary/aromatic N) is 4. The second-order valence-electron chi connectivity index (χ2n) is 6.36. The van der Waals surface area contributed by atoms with Gasteiger partial charge in [-0.1, -0.05) is 23.7 Å². The van der Waals surface area contributed by atoms with Crippen LogP contribution in [-0.4, -0.2) is 51.6 Å². The molecule has 0 spiro atoms. The number of aryl methyl sites for hydroxylation is 1. The summed E-state index contributed by atoms with van der Waals surface area (Å²) in [5.74, 6) is -0.162. The number of hydrogen-bond donors (Lipinski definition) is 1. The summed E-state index contributed by atoms with van der Waals surface area (Å²) >= 11 is 6.26. The topological polar surface area (TPSA) is 73.7 Å². The first-order valence-electron chi connectivity index (χ1n) is 8.41. The Morgan fingerprint density at radius 3 is 2.65 bits per heavy atom. The van der Waals surface area contributed by atoms with Crippen molar-refractivity contribution in [2.75, 3.05) is 31.1 Å². The zero-order valence-corrected chi connectivity index (χ0v) is 15.0. The highest BCUT2D eigenvalue weighted by atomic mass is 35.5. The monoisotopic (exact) mass is 371 g/mol. The van der Waals surface area contributed by atoms with E-state index in [9.17, 15) is 9.59 Å². The lowest BCUT2D eigenvalue weighted by atomic mass is 10.2. The van der Waals surface area contributed by atoms with Crippen LogP contribution in [0.25, 0.3) is 5.52 Å². The van der Waals surface area contributed by atoms with E-state index in [1.165, 1.54) is 4.52 Å². The maximum absolute atomic E-state index is 12.8. The zero-order valence-electron chi connectivity index (χ0n) is 14.3. The number of amides is 1. The van der Waals surface area contributed by atoms with Crippen molar-refractivity contribution in [1.82, 2.24) is 19.5 Å². The van der Waals surface area contributed by atoms with Crippen molar-refractivity contribution in [2.45, 2.75) is 6.92 Å². The number of rotatable bonds is 2. The number of para-hydroxylation sites is 1. The third-order valence-corrected chi connectivity index (χ3v) is 4.89. The van der Waals surface area contributed by atoms with Crippen molar-refractivity contribution in [1.29, 1.82) is 0 Å². The van der Waals surface area contributed by atoms with Crippen LogP contribution in [0.5, 0.6) is 0 Å². The highest BCUT2D eigenvalue weighted by Crippen LogP contribution is 2.26. The van der Waals surface area contributed by atoms with Gasteiger partial charge in [-0.15, -0.1) is 0 Å². The van der Waals surface area contributed by atoms with Gasteiger partial charge in [0.1, 0.15) is 5.52 Å². The molecule has 8 heteroatoms. The summed E-state index contributed by atoms with van der Waals surface area (Å²) in [4.78, 5) is 31.4. The number of hydrogen-bond acceptors (Lipinski definition) is 4. The van der Waals surface area contributed by atoms with Gasteiger partial charge >= 0.3 is 0 Å². The van der Waals surface area contributed by atoms with Crippen LogP contribution in [0.15, 0.2) is 41.3 Å². The van der Waals surface area contributed by atoms with Crippen LogP contribution in [-0.2, 0) is 0 Å². The van der Waals surface area contributed by atoms with Crippen LogP contribution >= 0.6 is 11.6 Å². The smallest absolute Gasteiger partial charge is 0.274 e. The number of halogens is 1. The summed E-state index contributed by atoms with van der Waals surface area (Å²) in [6.45, 7) is 4.32. The van der Waals surface area contributed by atoms with E-state index in [0.29, 0.717) is 42.4 Å². The molecule has 0 saturated carbocycles. The lowest BCUT2D eigenvalue weighted by Gasteiger charge is -2.36. The fourth-order valence-electron chi connectivity index (χ4n) is 3.25. The van der Waals surface area contributed by atoms with Gasteiger partial charge in [0.2, 0.25) is 0 Å². The molecule has 7 nitrogen and oxygen atoms in total. The molecule has 4 rings (SSSR count). The molecule has 0 unspecified atom stereocenters. The van der Waals surface area contributed by atoms with Crippen molar-refractivity contribution >= 4 is 28.7 Å². The van der Waals surface area contributed by atoms with Gasteiger partial charge in [-0.05, 0) is 19.1 Å². The van der Waals surface area contributed by atoms with Gasteiger partial charge in [-0.2, -0.15) is 5.10 Å². The molecule has 3 aromatic rings. The van der Waals surface area contributed by atoms with E-state index >= 15 is 0 Å². The Hall–Kier alpha value is -2.80. The van der Waals surface area contributed by atoms with Crippen LogP contribution < -0.4 is 10.5 Å². The van der Waals surface area contributed by atoms with Gasteiger partial charge in [0.25, 0.3) is 11.5 Å². The number of benzene rings is 1. The number of aromatic amines is 1. The Labute approximate surface area is 154 Å². The zero-order chi connectivity index (χ0) is 18.3. The lowest BCUT2D eigenvalue weighted by molar-refractivity contribution is 0.0740. The average Bonchev–Trinajstić information content (AvgIpc) is 3.06. The Morgan fingerprint density at radius 1 is 1.19 bits per heavy atom. The molecule has 26 heavy (non-hydrogen) atoms. The molecule has 2 aromatic heterocycles. The molecule has 134 valence electrons. The number of piperazine rings is 1. The molecular formula is C18H18ClN5O2. The molecule has 1 amide bonds. The van der Waals surface area contributed by atoms with Crippen molar-refractivity contribution in [2.24, 2.45) is 0 Å². The molecule has 0 bridgehead atoms. The van der Waals surface area contributed by atoms with Crippen LogP contribution in [0.2, 0.25) is 5.02 Å². The molecule has 0 radical (unpaired) electrons. The van der Waals surface area contributed by atoms with Crippen molar-refractivity contribution < 1.29 is 4.79 Å². The minimum absolute atomic E-state index is 0.162.